The fraction of sp³-hybridized carbons (Fsp3) is 0.167. The lowest BCUT2D eigenvalue weighted by atomic mass is 9.97. The average Bonchev–Trinajstić information content (AvgIpc) is 3.15. The molecular formula is C30H27N3OS. The first-order valence-corrected chi connectivity index (χ1v) is 12.6. The van der Waals surface area contributed by atoms with Crippen LogP contribution >= 0.6 is 11.8 Å². The van der Waals surface area contributed by atoms with Crippen LogP contribution in [0, 0.1) is 13.8 Å². The highest BCUT2D eigenvalue weighted by atomic mass is 32.2. The highest BCUT2D eigenvalue weighted by Gasteiger charge is 2.37. The molecule has 0 bridgehead atoms. The molecule has 1 atom stereocenters. The smallest absolute Gasteiger partial charge is 0.242 e. The van der Waals surface area contributed by atoms with Gasteiger partial charge in [-0.2, -0.15) is 5.10 Å². The van der Waals surface area contributed by atoms with Crippen LogP contribution in [-0.2, 0) is 11.2 Å². The molecule has 1 aliphatic heterocycles. The van der Waals surface area contributed by atoms with Crippen molar-refractivity contribution < 1.29 is 4.79 Å². The van der Waals surface area contributed by atoms with Gasteiger partial charge < -0.3 is 0 Å². The molecule has 0 aliphatic carbocycles. The minimum atomic E-state index is -0.218. The standard InChI is InChI=1S/C30H27N3OS/c1-4-15-33-29(34)28(17-22-14-13-20(2)21(3)16-22)35-30(33)32-31-19-27-25-11-7-5-9-23(25)18-24-10-6-8-12-26(24)27/h4-14,16,18-19,28H,1,15,17H2,2-3H3. The van der Waals surface area contributed by atoms with Crippen molar-refractivity contribution in [2.75, 3.05) is 6.54 Å². The Hall–Kier alpha value is -3.70. The Morgan fingerprint density at radius 3 is 2.29 bits per heavy atom. The molecule has 4 aromatic rings. The summed E-state index contributed by atoms with van der Waals surface area (Å²) < 4.78 is 0. The number of nitrogens with zero attached hydrogens (tertiary/aromatic N) is 3. The molecule has 0 aromatic heterocycles. The number of aryl methyl sites for hydroxylation is 2. The molecule has 0 saturated carbocycles. The highest BCUT2D eigenvalue weighted by Crippen LogP contribution is 2.31. The normalized spacial score (nSPS) is 17.3. The summed E-state index contributed by atoms with van der Waals surface area (Å²) in [5, 5.41) is 14.0. The third-order valence-corrected chi connectivity index (χ3v) is 7.63. The molecule has 1 saturated heterocycles. The van der Waals surface area contributed by atoms with E-state index in [0.717, 1.165) is 32.7 Å². The number of carbonyl (C=O) groups excluding carboxylic acids is 1. The van der Waals surface area contributed by atoms with Gasteiger partial charge in [0.15, 0.2) is 5.17 Å². The molecule has 174 valence electrons. The van der Waals surface area contributed by atoms with Crippen LogP contribution in [0.5, 0.6) is 0 Å². The monoisotopic (exact) mass is 477 g/mol. The molecule has 5 rings (SSSR count). The van der Waals surface area contributed by atoms with Crippen molar-refractivity contribution in [3.05, 3.63) is 108 Å². The van der Waals surface area contributed by atoms with Gasteiger partial charge in [-0.1, -0.05) is 84.6 Å². The summed E-state index contributed by atoms with van der Waals surface area (Å²) in [6, 6.07) is 25.2. The van der Waals surface area contributed by atoms with Gasteiger partial charge in [-0.05, 0) is 64.6 Å². The van der Waals surface area contributed by atoms with Gasteiger partial charge in [0.2, 0.25) is 5.91 Å². The summed E-state index contributed by atoms with van der Waals surface area (Å²) in [5.74, 6) is 0.0534. The maximum atomic E-state index is 13.2. The van der Waals surface area contributed by atoms with Gasteiger partial charge >= 0.3 is 0 Å². The molecule has 35 heavy (non-hydrogen) atoms. The summed E-state index contributed by atoms with van der Waals surface area (Å²) in [6.45, 7) is 8.44. The summed E-state index contributed by atoms with van der Waals surface area (Å²) in [5.41, 5.74) is 4.68. The summed E-state index contributed by atoms with van der Waals surface area (Å²) in [4.78, 5) is 14.9. The lowest BCUT2D eigenvalue weighted by Gasteiger charge is -2.13. The van der Waals surface area contributed by atoms with E-state index >= 15 is 0 Å². The first kappa shape index (κ1) is 23.1. The number of fused-ring (bicyclic) bond motifs is 2. The van der Waals surface area contributed by atoms with Crippen LogP contribution in [0.3, 0.4) is 0 Å². The molecule has 4 aromatic carbocycles. The predicted octanol–water partition coefficient (Wildman–Crippen LogP) is 6.67. The Kier molecular flexibility index (Phi) is 6.51. The van der Waals surface area contributed by atoms with Gasteiger partial charge in [-0.25, -0.2) is 0 Å². The van der Waals surface area contributed by atoms with E-state index in [1.165, 1.54) is 22.9 Å². The molecule has 1 heterocycles. The van der Waals surface area contributed by atoms with Crippen LogP contribution in [-0.4, -0.2) is 34.0 Å². The topological polar surface area (TPSA) is 45.0 Å². The molecule has 0 spiro atoms. The molecule has 1 unspecified atom stereocenters. The van der Waals surface area contributed by atoms with Crippen LogP contribution in [0.2, 0.25) is 0 Å². The van der Waals surface area contributed by atoms with Crippen molar-refractivity contribution in [3.63, 3.8) is 0 Å². The minimum Gasteiger partial charge on any atom is -0.285 e. The van der Waals surface area contributed by atoms with Crippen molar-refractivity contribution in [2.45, 2.75) is 25.5 Å². The van der Waals surface area contributed by atoms with Crippen LogP contribution < -0.4 is 0 Å². The van der Waals surface area contributed by atoms with E-state index in [2.05, 4.69) is 79.2 Å². The Labute approximate surface area is 210 Å². The SMILES string of the molecule is C=CCN1C(=O)C(Cc2ccc(C)c(C)c2)SC1=NN=Cc1c2ccccc2cc2ccccc12. The minimum absolute atomic E-state index is 0.0534. The van der Waals surface area contributed by atoms with E-state index in [4.69, 9.17) is 0 Å². The summed E-state index contributed by atoms with van der Waals surface area (Å²) >= 11 is 1.48. The molecule has 0 radical (unpaired) electrons. The fourth-order valence-corrected chi connectivity index (χ4v) is 5.63. The van der Waals surface area contributed by atoms with Crippen molar-refractivity contribution in [1.82, 2.24) is 4.90 Å². The third-order valence-electron chi connectivity index (χ3n) is 6.47. The molecule has 1 amide bonds. The second-order valence-corrected chi connectivity index (χ2v) is 10.00. The molecule has 4 nitrogen and oxygen atoms in total. The molecule has 1 aliphatic rings. The number of amides is 1. The maximum absolute atomic E-state index is 13.2. The van der Waals surface area contributed by atoms with Gasteiger partial charge in [0.25, 0.3) is 0 Å². The number of amidine groups is 1. The number of rotatable bonds is 6. The molecule has 5 heteroatoms. The number of benzene rings is 4. The van der Waals surface area contributed by atoms with Crippen molar-refractivity contribution >= 4 is 50.6 Å². The number of hydrogen-bond acceptors (Lipinski definition) is 4. The largest absolute Gasteiger partial charge is 0.285 e. The first-order valence-electron chi connectivity index (χ1n) is 11.7. The van der Waals surface area contributed by atoms with Crippen LogP contribution in [0.15, 0.2) is 95.7 Å². The Morgan fingerprint density at radius 2 is 1.63 bits per heavy atom. The number of carbonyl (C=O) groups is 1. The maximum Gasteiger partial charge on any atom is 0.242 e. The molecule has 1 fully saturated rings. The zero-order chi connectivity index (χ0) is 24.4. The van der Waals surface area contributed by atoms with Crippen LogP contribution in [0.25, 0.3) is 21.5 Å². The van der Waals surface area contributed by atoms with E-state index in [9.17, 15) is 4.79 Å². The van der Waals surface area contributed by atoms with Crippen molar-refractivity contribution in [3.8, 4) is 0 Å². The third kappa shape index (κ3) is 4.64. The highest BCUT2D eigenvalue weighted by molar-refractivity contribution is 8.15. The fourth-order valence-electron chi connectivity index (χ4n) is 4.48. The zero-order valence-electron chi connectivity index (χ0n) is 19.9. The van der Waals surface area contributed by atoms with Gasteiger partial charge in [0.05, 0.1) is 11.5 Å². The molecular weight excluding hydrogens is 450 g/mol. The van der Waals surface area contributed by atoms with Gasteiger partial charge in [-0.3, -0.25) is 9.69 Å². The zero-order valence-corrected chi connectivity index (χ0v) is 20.8. The summed E-state index contributed by atoms with van der Waals surface area (Å²) in [7, 11) is 0. The number of thioether (sulfide) groups is 1. The Balaban J connectivity index is 1.47. The quantitative estimate of drug-likeness (QED) is 0.135. The number of hydrogen-bond donors (Lipinski definition) is 0. The van der Waals surface area contributed by atoms with Crippen molar-refractivity contribution in [2.24, 2.45) is 10.2 Å². The van der Waals surface area contributed by atoms with E-state index in [1.807, 2.05) is 30.5 Å². The first-order chi connectivity index (χ1) is 17.0. The Morgan fingerprint density at radius 1 is 0.943 bits per heavy atom. The lowest BCUT2D eigenvalue weighted by Crippen LogP contribution is -2.32. The lowest BCUT2D eigenvalue weighted by molar-refractivity contribution is -0.125. The van der Waals surface area contributed by atoms with Gasteiger partial charge in [-0.15, -0.1) is 11.7 Å². The summed E-state index contributed by atoms with van der Waals surface area (Å²) in [6.07, 6.45) is 4.20. The van der Waals surface area contributed by atoms with E-state index in [0.29, 0.717) is 18.1 Å². The van der Waals surface area contributed by atoms with Crippen LogP contribution in [0.1, 0.15) is 22.3 Å². The Bertz CT molecular complexity index is 1450. The molecule has 0 N–H and O–H groups in total. The van der Waals surface area contributed by atoms with E-state index in [1.54, 1.807) is 11.0 Å². The van der Waals surface area contributed by atoms with Crippen molar-refractivity contribution in [1.29, 1.82) is 0 Å². The van der Waals surface area contributed by atoms with E-state index in [-0.39, 0.29) is 11.2 Å². The van der Waals surface area contributed by atoms with Gasteiger partial charge in [0, 0.05) is 12.1 Å². The van der Waals surface area contributed by atoms with E-state index < -0.39 is 0 Å². The second-order valence-electron chi connectivity index (χ2n) is 8.83. The average molecular weight is 478 g/mol. The van der Waals surface area contributed by atoms with Gasteiger partial charge in [0.1, 0.15) is 0 Å². The predicted molar refractivity (Wildman–Crippen MR) is 149 cm³/mol. The second kappa shape index (κ2) is 9.88. The van der Waals surface area contributed by atoms with Crippen LogP contribution in [0.4, 0.5) is 0 Å².